The van der Waals surface area contributed by atoms with Crippen molar-refractivity contribution in [3.8, 4) is 17.2 Å². The molecule has 0 aliphatic heterocycles. The first-order chi connectivity index (χ1) is 14.9. The molecule has 0 saturated carbocycles. The van der Waals surface area contributed by atoms with Crippen molar-refractivity contribution < 1.29 is 28.5 Å². The van der Waals surface area contributed by atoms with Gasteiger partial charge in [0.15, 0.2) is 16.9 Å². The van der Waals surface area contributed by atoms with Crippen LogP contribution >= 0.6 is 0 Å². The minimum Gasteiger partial charge on any atom is -0.493 e. The Balaban J connectivity index is 1.83. The van der Waals surface area contributed by atoms with Crippen molar-refractivity contribution in [1.82, 2.24) is 4.98 Å². The molecule has 0 fully saturated rings. The Labute approximate surface area is 177 Å². The molecule has 0 bridgehead atoms. The largest absolute Gasteiger partial charge is 0.493 e. The summed E-state index contributed by atoms with van der Waals surface area (Å²) in [6.07, 6.45) is 0. The molecule has 162 valence electrons. The van der Waals surface area contributed by atoms with E-state index < -0.39 is 12.0 Å². The van der Waals surface area contributed by atoms with Gasteiger partial charge in [-0.25, -0.2) is 9.59 Å². The summed E-state index contributed by atoms with van der Waals surface area (Å²) >= 11 is 0. The summed E-state index contributed by atoms with van der Waals surface area (Å²) in [5.74, 6) is 0.522. The zero-order valence-corrected chi connectivity index (χ0v) is 17.3. The van der Waals surface area contributed by atoms with Crippen LogP contribution in [0.1, 0.15) is 10.5 Å². The lowest BCUT2D eigenvalue weighted by atomic mass is 10.1. The molecule has 10 heteroatoms. The maximum Gasteiger partial charge on any atom is 0.354 e. The number of pyridine rings is 1. The molecular weight excluding hydrogens is 406 g/mol. The van der Waals surface area contributed by atoms with E-state index in [4.69, 9.17) is 14.2 Å². The molecule has 1 aromatic heterocycles. The smallest absolute Gasteiger partial charge is 0.354 e. The van der Waals surface area contributed by atoms with Crippen LogP contribution in [0.5, 0.6) is 17.2 Å². The van der Waals surface area contributed by atoms with Crippen LogP contribution in [0, 0.1) is 0 Å². The molecule has 2 aromatic carbocycles. The van der Waals surface area contributed by atoms with Crippen LogP contribution in [0.3, 0.4) is 0 Å². The van der Waals surface area contributed by atoms with Gasteiger partial charge in [0.05, 0.1) is 39.6 Å². The van der Waals surface area contributed by atoms with Gasteiger partial charge in [-0.05, 0) is 18.2 Å². The fraction of sp³-hybridized carbons (Fsp3) is 0.190. The van der Waals surface area contributed by atoms with E-state index in [-0.39, 0.29) is 11.1 Å². The topological polar surface area (TPSA) is 128 Å². The second-order valence-electron chi connectivity index (χ2n) is 6.29. The van der Waals surface area contributed by atoms with Gasteiger partial charge in [-0.2, -0.15) is 0 Å². The number of ether oxygens (including phenoxy) is 4. The number of benzene rings is 2. The number of carbonyl (C=O) groups excluding carboxylic acids is 2. The Morgan fingerprint density at radius 3 is 2.06 bits per heavy atom. The van der Waals surface area contributed by atoms with E-state index >= 15 is 0 Å². The van der Waals surface area contributed by atoms with Crippen LogP contribution in [0.2, 0.25) is 0 Å². The highest BCUT2D eigenvalue weighted by Crippen LogP contribution is 2.39. The van der Waals surface area contributed by atoms with E-state index in [1.807, 2.05) is 0 Å². The van der Waals surface area contributed by atoms with Crippen molar-refractivity contribution in [1.29, 1.82) is 0 Å². The van der Waals surface area contributed by atoms with Crippen molar-refractivity contribution in [3.05, 3.63) is 52.3 Å². The predicted molar refractivity (Wildman–Crippen MR) is 115 cm³/mol. The Morgan fingerprint density at radius 2 is 1.48 bits per heavy atom. The maximum atomic E-state index is 12.5. The van der Waals surface area contributed by atoms with Gasteiger partial charge in [-0.3, -0.25) is 4.79 Å². The number of urea groups is 1. The monoisotopic (exact) mass is 427 g/mol. The molecule has 3 rings (SSSR count). The van der Waals surface area contributed by atoms with Crippen molar-refractivity contribution >= 4 is 34.3 Å². The van der Waals surface area contributed by atoms with E-state index in [1.165, 1.54) is 34.5 Å². The quantitative estimate of drug-likeness (QED) is 0.516. The average Bonchev–Trinajstić information content (AvgIpc) is 2.77. The highest BCUT2D eigenvalue weighted by Gasteiger charge is 2.15. The highest BCUT2D eigenvalue weighted by atomic mass is 16.5. The van der Waals surface area contributed by atoms with Crippen LogP contribution in [0.15, 0.2) is 41.2 Å². The number of rotatable bonds is 6. The molecule has 0 saturated heterocycles. The summed E-state index contributed by atoms with van der Waals surface area (Å²) in [4.78, 5) is 39.3. The van der Waals surface area contributed by atoms with Gasteiger partial charge in [0.2, 0.25) is 5.75 Å². The molecule has 10 nitrogen and oxygen atoms in total. The molecular formula is C21H21N3O7. The zero-order chi connectivity index (χ0) is 22.5. The van der Waals surface area contributed by atoms with Gasteiger partial charge in [-0.15, -0.1) is 0 Å². The lowest BCUT2D eigenvalue weighted by Gasteiger charge is -2.15. The first-order valence-electron chi connectivity index (χ1n) is 9.03. The number of esters is 1. The molecule has 1 heterocycles. The second-order valence-corrected chi connectivity index (χ2v) is 6.29. The molecule has 3 aromatic rings. The van der Waals surface area contributed by atoms with E-state index in [1.54, 1.807) is 24.3 Å². The Morgan fingerprint density at radius 1 is 0.839 bits per heavy atom. The minimum atomic E-state index is -0.647. The Bertz CT molecular complexity index is 1180. The number of anilines is 2. The van der Waals surface area contributed by atoms with Gasteiger partial charge < -0.3 is 34.6 Å². The van der Waals surface area contributed by atoms with Crippen molar-refractivity contribution in [2.24, 2.45) is 0 Å². The fourth-order valence-electron chi connectivity index (χ4n) is 2.99. The standard InChI is InChI=1S/C21H21N3O7/c1-28-17-8-12(9-18(29-2)19(17)30-3)23-21(27)22-11-5-6-14-13(7-11)16(25)10-15(24-14)20(26)31-4/h5-10H,1-4H3,(H,24,25)(H2,22,23,27). The van der Waals surface area contributed by atoms with E-state index in [0.717, 1.165) is 6.07 Å². The van der Waals surface area contributed by atoms with Gasteiger partial charge in [0.25, 0.3) is 0 Å². The number of aromatic amines is 1. The van der Waals surface area contributed by atoms with Gasteiger partial charge in [-0.1, -0.05) is 0 Å². The average molecular weight is 427 g/mol. The number of hydrogen-bond acceptors (Lipinski definition) is 7. The third-order valence-electron chi connectivity index (χ3n) is 4.42. The van der Waals surface area contributed by atoms with Crippen molar-refractivity contribution in [2.75, 3.05) is 39.1 Å². The molecule has 0 spiro atoms. The van der Waals surface area contributed by atoms with Crippen molar-refractivity contribution in [3.63, 3.8) is 0 Å². The van der Waals surface area contributed by atoms with Crippen LogP contribution < -0.4 is 30.3 Å². The lowest BCUT2D eigenvalue weighted by molar-refractivity contribution is 0.0594. The van der Waals surface area contributed by atoms with E-state index in [9.17, 15) is 14.4 Å². The minimum absolute atomic E-state index is 0.0425. The molecule has 0 aliphatic rings. The van der Waals surface area contributed by atoms with Gasteiger partial charge >= 0.3 is 12.0 Å². The van der Waals surface area contributed by atoms with Crippen LogP contribution in [-0.2, 0) is 4.74 Å². The molecule has 0 radical (unpaired) electrons. The van der Waals surface area contributed by atoms with Gasteiger partial charge in [0.1, 0.15) is 5.69 Å². The SMILES string of the molecule is COC(=O)c1cc(=O)c2cc(NC(=O)Nc3cc(OC)c(OC)c(OC)c3)ccc2[nH]1. The maximum absolute atomic E-state index is 12.5. The van der Waals surface area contributed by atoms with Crippen LogP contribution in [0.25, 0.3) is 10.9 Å². The molecule has 3 N–H and O–H groups in total. The van der Waals surface area contributed by atoms with Gasteiger partial charge in [0, 0.05) is 29.3 Å². The summed E-state index contributed by atoms with van der Waals surface area (Å²) in [7, 11) is 5.65. The number of nitrogens with one attached hydrogen (secondary N) is 3. The number of aromatic nitrogens is 1. The number of H-pyrrole nitrogens is 1. The third kappa shape index (κ3) is 4.53. The summed E-state index contributed by atoms with van der Waals surface area (Å²) < 4.78 is 20.4. The van der Waals surface area contributed by atoms with Crippen LogP contribution in [-0.4, -0.2) is 45.4 Å². The number of carbonyl (C=O) groups is 2. The Kier molecular flexibility index (Phi) is 6.29. The van der Waals surface area contributed by atoms with Crippen LogP contribution in [0.4, 0.5) is 16.2 Å². The number of fused-ring (bicyclic) bond motifs is 1. The normalized spacial score (nSPS) is 10.3. The van der Waals surface area contributed by atoms with E-state index in [0.29, 0.717) is 39.5 Å². The second kappa shape index (κ2) is 9.08. The number of methoxy groups -OCH3 is 4. The first-order valence-corrected chi connectivity index (χ1v) is 9.03. The first kappa shape index (κ1) is 21.5. The molecule has 0 aliphatic carbocycles. The third-order valence-corrected chi connectivity index (χ3v) is 4.42. The Hall–Kier alpha value is -4.21. The van der Waals surface area contributed by atoms with Crippen molar-refractivity contribution in [2.45, 2.75) is 0 Å². The fourth-order valence-corrected chi connectivity index (χ4v) is 2.99. The lowest BCUT2D eigenvalue weighted by Crippen LogP contribution is -2.20. The molecule has 2 amide bonds. The molecule has 0 atom stereocenters. The predicted octanol–water partition coefficient (Wildman–Crippen LogP) is 2.98. The number of hydrogen-bond donors (Lipinski definition) is 3. The summed E-state index contributed by atoms with van der Waals surface area (Å²) in [5.41, 5.74) is 0.884. The zero-order valence-electron chi connectivity index (χ0n) is 17.3. The molecule has 0 unspecified atom stereocenters. The molecule has 31 heavy (non-hydrogen) atoms. The number of amides is 2. The van der Waals surface area contributed by atoms with E-state index in [2.05, 4.69) is 20.4 Å². The summed E-state index contributed by atoms with van der Waals surface area (Å²) in [5, 5.41) is 5.63. The summed E-state index contributed by atoms with van der Waals surface area (Å²) in [6.45, 7) is 0. The highest BCUT2D eigenvalue weighted by molar-refractivity contribution is 6.01. The summed E-state index contributed by atoms with van der Waals surface area (Å²) in [6, 6.07) is 8.45.